The molecule has 13 heavy (non-hydrogen) atoms. The van der Waals surface area contributed by atoms with Gasteiger partial charge in [-0.1, -0.05) is 18.7 Å². The smallest absolute Gasteiger partial charge is 0.349 e. The second-order valence-corrected chi connectivity index (χ2v) is 1.76. The Morgan fingerprint density at radius 3 is 2.23 bits per heavy atom. The summed E-state index contributed by atoms with van der Waals surface area (Å²) in [6, 6.07) is 0. The molecule has 0 aromatic heterocycles. The predicted molar refractivity (Wildman–Crippen MR) is 54.6 cm³/mol. The first kappa shape index (κ1) is 13.9. The van der Waals surface area contributed by atoms with E-state index in [1.54, 1.807) is 12.2 Å². The zero-order valence-corrected chi connectivity index (χ0v) is 7.82. The number of nitrogens with two attached hydrogens (primary N) is 1. The zero-order chi connectivity index (χ0) is 10.7. The third-order valence-corrected chi connectivity index (χ3v) is 1.10. The van der Waals surface area contributed by atoms with Gasteiger partial charge in [0.1, 0.15) is 0 Å². The van der Waals surface area contributed by atoms with Crippen molar-refractivity contribution in [3.63, 3.8) is 0 Å². The van der Waals surface area contributed by atoms with Gasteiger partial charge in [-0.25, -0.2) is 4.79 Å². The molecular formula is C10H15NO2. The Balaban J connectivity index is 0. The second-order valence-electron chi connectivity index (χ2n) is 1.76. The minimum atomic E-state index is -0.578. The Labute approximate surface area is 78.8 Å². The van der Waals surface area contributed by atoms with Gasteiger partial charge in [0.05, 0.1) is 0 Å². The topological polar surface area (TPSA) is 52.3 Å². The predicted octanol–water partition coefficient (Wildman–Crippen LogP) is 1.89. The van der Waals surface area contributed by atoms with Gasteiger partial charge in [0.25, 0.3) is 0 Å². The molecule has 0 atom stereocenters. The van der Waals surface area contributed by atoms with E-state index in [0.29, 0.717) is 0 Å². The maximum atomic E-state index is 10.5. The quantitative estimate of drug-likeness (QED) is 0.313. The van der Waals surface area contributed by atoms with Gasteiger partial charge < -0.3 is 4.84 Å². The molecule has 0 saturated heterocycles. The van der Waals surface area contributed by atoms with Gasteiger partial charge in [-0.05, 0) is 18.6 Å². The highest BCUT2D eigenvalue weighted by atomic mass is 16.7. The Morgan fingerprint density at radius 2 is 1.92 bits per heavy atom. The zero-order valence-electron chi connectivity index (χ0n) is 7.82. The van der Waals surface area contributed by atoms with E-state index in [0.717, 1.165) is 5.57 Å². The molecule has 0 aliphatic rings. The normalized spacial score (nSPS) is 10.2. The maximum absolute atomic E-state index is 10.5. The number of carbonyl (C=O) groups is 1. The highest BCUT2D eigenvalue weighted by molar-refractivity contribution is 5.82. The minimum Gasteiger partial charge on any atom is -0.370 e. The Hall–Kier alpha value is -1.61. The molecular weight excluding hydrogens is 166 g/mol. The lowest BCUT2D eigenvalue weighted by Gasteiger charge is -1.89. The summed E-state index contributed by atoms with van der Waals surface area (Å²) in [7, 11) is 0. The molecule has 2 N–H and O–H groups in total. The van der Waals surface area contributed by atoms with E-state index in [1.165, 1.54) is 6.08 Å². The fourth-order valence-corrected chi connectivity index (χ4v) is 0.486. The van der Waals surface area contributed by atoms with Crippen LogP contribution in [-0.4, -0.2) is 5.97 Å². The molecule has 3 heteroatoms. The number of carbonyl (C=O) groups excluding carboxylic acids is 1. The SMILES string of the molecule is C=C.C=CC(/C=C/C(=O)ON)=C\C. The first-order chi connectivity index (χ1) is 6.24. The van der Waals surface area contributed by atoms with Gasteiger partial charge in [0, 0.05) is 6.08 Å². The summed E-state index contributed by atoms with van der Waals surface area (Å²) in [4.78, 5) is 14.4. The van der Waals surface area contributed by atoms with Crippen molar-refractivity contribution in [2.45, 2.75) is 6.92 Å². The van der Waals surface area contributed by atoms with E-state index < -0.39 is 5.97 Å². The third-order valence-electron chi connectivity index (χ3n) is 1.10. The van der Waals surface area contributed by atoms with E-state index in [-0.39, 0.29) is 0 Å². The molecule has 0 aliphatic carbocycles. The van der Waals surface area contributed by atoms with E-state index in [4.69, 9.17) is 0 Å². The number of rotatable bonds is 3. The van der Waals surface area contributed by atoms with Crippen molar-refractivity contribution in [1.82, 2.24) is 0 Å². The van der Waals surface area contributed by atoms with Crippen LogP contribution in [0, 0.1) is 0 Å². The largest absolute Gasteiger partial charge is 0.370 e. The third kappa shape index (κ3) is 8.29. The average molecular weight is 181 g/mol. The van der Waals surface area contributed by atoms with Gasteiger partial charge in [-0.2, -0.15) is 5.90 Å². The lowest BCUT2D eigenvalue weighted by Crippen LogP contribution is -2.05. The monoisotopic (exact) mass is 181 g/mol. The van der Waals surface area contributed by atoms with Crippen molar-refractivity contribution in [3.05, 3.63) is 49.6 Å². The molecule has 0 heterocycles. The van der Waals surface area contributed by atoms with Crippen molar-refractivity contribution >= 4 is 5.97 Å². The summed E-state index contributed by atoms with van der Waals surface area (Å²) in [5, 5.41) is 0. The van der Waals surface area contributed by atoms with Crippen LogP contribution >= 0.6 is 0 Å². The minimum absolute atomic E-state index is 0.578. The fourth-order valence-electron chi connectivity index (χ4n) is 0.486. The molecule has 0 aromatic rings. The molecule has 0 spiro atoms. The summed E-state index contributed by atoms with van der Waals surface area (Å²) in [5.41, 5.74) is 0.843. The van der Waals surface area contributed by atoms with Crippen molar-refractivity contribution in [3.8, 4) is 0 Å². The average Bonchev–Trinajstić information content (AvgIpc) is 2.22. The van der Waals surface area contributed by atoms with Crippen LogP contribution < -0.4 is 5.90 Å². The molecule has 72 valence electrons. The molecule has 0 rings (SSSR count). The molecule has 0 bridgehead atoms. The van der Waals surface area contributed by atoms with E-state index in [9.17, 15) is 4.79 Å². The molecule has 0 unspecified atom stereocenters. The summed E-state index contributed by atoms with van der Waals surface area (Å²) in [5.74, 6) is 4.02. The maximum Gasteiger partial charge on any atom is 0.349 e. The van der Waals surface area contributed by atoms with Crippen molar-refractivity contribution in [2.75, 3.05) is 0 Å². The summed E-state index contributed by atoms with van der Waals surface area (Å²) < 4.78 is 0. The second kappa shape index (κ2) is 10.4. The number of hydrogen-bond donors (Lipinski definition) is 1. The van der Waals surface area contributed by atoms with Gasteiger partial charge in [-0.15, -0.1) is 13.2 Å². The summed E-state index contributed by atoms with van der Waals surface area (Å²) >= 11 is 0. The standard InChI is InChI=1S/C8H11NO2.C2H4/c1-3-7(4-2)5-6-8(10)11-9;1-2/h3-6H,1,9H2,2H3;1-2H2/b6-5+,7-4+;. The molecule has 0 aliphatic heterocycles. The highest BCUT2D eigenvalue weighted by Crippen LogP contribution is 1.96. The van der Waals surface area contributed by atoms with E-state index in [1.807, 2.05) is 13.0 Å². The van der Waals surface area contributed by atoms with Crippen LogP contribution in [0.3, 0.4) is 0 Å². The number of hydrogen-bond acceptors (Lipinski definition) is 3. The van der Waals surface area contributed by atoms with Crippen LogP contribution in [0.1, 0.15) is 6.92 Å². The molecule has 0 fully saturated rings. The van der Waals surface area contributed by atoms with Gasteiger partial charge in [0.15, 0.2) is 0 Å². The molecule has 0 aromatic carbocycles. The Morgan fingerprint density at radius 1 is 1.38 bits per heavy atom. The molecule has 0 amide bonds. The Kier molecular flexibility index (Phi) is 11.1. The van der Waals surface area contributed by atoms with Gasteiger partial charge in [0.2, 0.25) is 0 Å². The van der Waals surface area contributed by atoms with Crippen LogP contribution in [0.4, 0.5) is 0 Å². The number of allylic oxidation sites excluding steroid dienone is 4. The van der Waals surface area contributed by atoms with Crippen LogP contribution in [0.2, 0.25) is 0 Å². The van der Waals surface area contributed by atoms with Gasteiger partial charge >= 0.3 is 5.97 Å². The van der Waals surface area contributed by atoms with Crippen molar-refractivity contribution in [2.24, 2.45) is 5.90 Å². The first-order valence-electron chi connectivity index (χ1n) is 3.62. The fraction of sp³-hybridized carbons (Fsp3) is 0.100. The van der Waals surface area contributed by atoms with Crippen molar-refractivity contribution in [1.29, 1.82) is 0 Å². The first-order valence-corrected chi connectivity index (χ1v) is 3.62. The van der Waals surface area contributed by atoms with Crippen molar-refractivity contribution < 1.29 is 9.63 Å². The lowest BCUT2D eigenvalue weighted by molar-refractivity contribution is -0.138. The van der Waals surface area contributed by atoms with Gasteiger partial charge in [-0.3, -0.25) is 0 Å². The van der Waals surface area contributed by atoms with Crippen LogP contribution in [0.15, 0.2) is 49.6 Å². The summed E-state index contributed by atoms with van der Waals surface area (Å²) in [6.45, 7) is 11.4. The van der Waals surface area contributed by atoms with Crippen LogP contribution in [0.25, 0.3) is 0 Å². The highest BCUT2D eigenvalue weighted by Gasteiger charge is 1.90. The van der Waals surface area contributed by atoms with Crippen LogP contribution in [0.5, 0.6) is 0 Å². The van der Waals surface area contributed by atoms with Crippen LogP contribution in [-0.2, 0) is 9.63 Å². The Bertz CT molecular complexity index is 217. The molecule has 3 nitrogen and oxygen atoms in total. The summed E-state index contributed by atoms with van der Waals surface area (Å²) in [6.07, 6.45) is 6.24. The van der Waals surface area contributed by atoms with E-state index in [2.05, 4.69) is 30.5 Å². The lowest BCUT2D eigenvalue weighted by atomic mass is 10.2. The van der Waals surface area contributed by atoms with E-state index >= 15 is 0 Å². The molecule has 0 saturated carbocycles. The molecule has 0 radical (unpaired) electrons.